The van der Waals surface area contributed by atoms with Crippen molar-refractivity contribution >= 4 is 17.5 Å². The van der Waals surface area contributed by atoms with E-state index < -0.39 is 0 Å². The zero-order chi connectivity index (χ0) is 16.8. The van der Waals surface area contributed by atoms with Gasteiger partial charge in [0, 0.05) is 24.6 Å². The van der Waals surface area contributed by atoms with E-state index in [0.717, 1.165) is 12.2 Å². The smallest absolute Gasteiger partial charge is 0.258 e. The Labute approximate surface area is 137 Å². The molecule has 0 unspecified atom stereocenters. The standard InChI is InChI=1S/C18H24N4O/c1-12(2)9-19-18-20-10-15(11-21-18)17(23)22-16-7-5-14(6-8-16)13(3)4/h5-8,10-13H,9H2,1-4H3,(H,22,23)(H,19,20,21). The highest BCUT2D eigenvalue weighted by atomic mass is 16.1. The van der Waals surface area contributed by atoms with Gasteiger partial charge in [0.2, 0.25) is 5.95 Å². The van der Waals surface area contributed by atoms with Crippen LogP contribution >= 0.6 is 0 Å². The lowest BCUT2D eigenvalue weighted by molar-refractivity contribution is 0.102. The SMILES string of the molecule is CC(C)CNc1ncc(C(=O)Nc2ccc(C(C)C)cc2)cn1. The lowest BCUT2D eigenvalue weighted by Gasteiger charge is -2.09. The summed E-state index contributed by atoms with van der Waals surface area (Å²) >= 11 is 0. The Morgan fingerprint density at radius 3 is 2.17 bits per heavy atom. The summed E-state index contributed by atoms with van der Waals surface area (Å²) in [7, 11) is 0. The lowest BCUT2D eigenvalue weighted by atomic mass is 10.0. The Morgan fingerprint density at radius 2 is 1.65 bits per heavy atom. The number of nitrogens with one attached hydrogen (secondary N) is 2. The zero-order valence-corrected chi connectivity index (χ0v) is 14.1. The normalized spacial score (nSPS) is 10.9. The molecule has 0 saturated carbocycles. The minimum atomic E-state index is -0.210. The summed E-state index contributed by atoms with van der Waals surface area (Å²) in [5.74, 6) is 1.31. The van der Waals surface area contributed by atoms with E-state index in [1.54, 1.807) is 0 Å². The number of hydrogen-bond acceptors (Lipinski definition) is 4. The van der Waals surface area contributed by atoms with Gasteiger partial charge in [0.25, 0.3) is 5.91 Å². The fourth-order valence-corrected chi connectivity index (χ4v) is 1.99. The summed E-state index contributed by atoms with van der Waals surface area (Å²) in [6, 6.07) is 7.87. The van der Waals surface area contributed by atoms with Gasteiger partial charge in [-0.3, -0.25) is 4.79 Å². The van der Waals surface area contributed by atoms with Crippen LogP contribution in [0.1, 0.15) is 49.5 Å². The van der Waals surface area contributed by atoms with Gasteiger partial charge in [-0.2, -0.15) is 0 Å². The van der Waals surface area contributed by atoms with Crippen molar-refractivity contribution in [2.45, 2.75) is 33.6 Å². The first-order valence-corrected chi connectivity index (χ1v) is 7.93. The maximum atomic E-state index is 12.2. The molecule has 1 aromatic carbocycles. The third-order valence-corrected chi connectivity index (χ3v) is 3.42. The Hall–Kier alpha value is -2.43. The summed E-state index contributed by atoms with van der Waals surface area (Å²) in [4.78, 5) is 20.5. The average Bonchev–Trinajstić information content (AvgIpc) is 2.54. The van der Waals surface area contributed by atoms with E-state index in [0.29, 0.717) is 23.3 Å². The van der Waals surface area contributed by atoms with Crippen molar-refractivity contribution in [3.63, 3.8) is 0 Å². The van der Waals surface area contributed by atoms with Gasteiger partial charge < -0.3 is 10.6 Å². The number of benzene rings is 1. The van der Waals surface area contributed by atoms with Crippen molar-refractivity contribution in [1.29, 1.82) is 0 Å². The Balaban J connectivity index is 1.97. The van der Waals surface area contributed by atoms with E-state index in [2.05, 4.69) is 48.3 Å². The van der Waals surface area contributed by atoms with Crippen molar-refractivity contribution in [2.24, 2.45) is 5.92 Å². The molecule has 0 atom stereocenters. The molecule has 2 rings (SSSR count). The van der Waals surface area contributed by atoms with Crippen molar-refractivity contribution in [2.75, 3.05) is 17.2 Å². The number of carbonyl (C=O) groups is 1. The van der Waals surface area contributed by atoms with Crippen LogP contribution in [0.5, 0.6) is 0 Å². The second-order valence-electron chi connectivity index (χ2n) is 6.30. The number of rotatable bonds is 6. The molecule has 0 spiro atoms. The van der Waals surface area contributed by atoms with Gasteiger partial charge in [-0.25, -0.2) is 9.97 Å². The second kappa shape index (κ2) is 7.72. The van der Waals surface area contributed by atoms with E-state index in [1.165, 1.54) is 18.0 Å². The number of aromatic nitrogens is 2. The zero-order valence-electron chi connectivity index (χ0n) is 14.1. The molecule has 1 heterocycles. The third kappa shape index (κ3) is 5.06. The number of hydrogen-bond donors (Lipinski definition) is 2. The minimum absolute atomic E-state index is 0.210. The van der Waals surface area contributed by atoms with E-state index >= 15 is 0 Å². The third-order valence-electron chi connectivity index (χ3n) is 3.42. The Bertz CT molecular complexity index is 633. The van der Waals surface area contributed by atoms with Gasteiger partial charge in [-0.1, -0.05) is 39.8 Å². The van der Waals surface area contributed by atoms with Crippen molar-refractivity contribution in [3.8, 4) is 0 Å². The summed E-state index contributed by atoms with van der Waals surface area (Å²) in [6.07, 6.45) is 3.07. The Morgan fingerprint density at radius 1 is 1.04 bits per heavy atom. The molecule has 2 aromatic rings. The molecule has 5 heteroatoms. The van der Waals surface area contributed by atoms with Gasteiger partial charge in [0.05, 0.1) is 5.56 Å². The number of nitrogens with zero attached hydrogens (tertiary/aromatic N) is 2. The first-order valence-electron chi connectivity index (χ1n) is 7.93. The summed E-state index contributed by atoms with van der Waals surface area (Å²) < 4.78 is 0. The van der Waals surface area contributed by atoms with Crippen LogP contribution in [0.2, 0.25) is 0 Å². The quantitative estimate of drug-likeness (QED) is 0.848. The van der Waals surface area contributed by atoms with Crippen molar-refractivity contribution < 1.29 is 4.79 Å². The molecule has 23 heavy (non-hydrogen) atoms. The highest BCUT2D eigenvalue weighted by molar-refractivity contribution is 6.03. The molecule has 0 aliphatic heterocycles. The van der Waals surface area contributed by atoms with Gasteiger partial charge in [0.15, 0.2) is 0 Å². The molecule has 1 amide bonds. The number of amides is 1. The molecule has 0 aliphatic carbocycles. The van der Waals surface area contributed by atoms with E-state index in [-0.39, 0.29) is 5.91 Å². The summed E-state index contributed by atoms with van der Waals surface area (Å²) in [5.41, 5.74) is 2.45. The molecule has 0 bridgehead atoms. The number of carbonyl (C=O) groups excluding carboxylic acids is 1. The maximum Gasteiger partial charge on any atom is 0.258 e. The fourth-order valence-electron chi connectivity index (χ4n) is 1.99. The van der Waals surface area contributed by atoms with Crippen LogP contribution in [0.4, 0.5) is 11.6 Å². The first kappa shape index (κ1) is 16.9. The largest absolute Gasteiger partial charge is 0.354 e. The van der Waals surface area contributed by atoms with E-state index in [1.807, 2.05) is 24.3 Å². The molecule has 1 aromatic heterocycles. The van der Waals surface area contributed by atoms with Crippen molar-refractivity contribution in [3.05, 3.63) is 47.8 Å². The van der Waals surface area contributed by atoms with Crippen LogP contribution in [0, 0.1) is 5.92 Å². The monoisotopic (exact) mass is 312 g/mol. The molecule has 2 N–H and O–H groups in total. The van der Waals surface area contributed by atoms with Crippen LogP contribution in [0.15, 0.2) is 36.7 Å². The summed E-state index contributed by atoms with van der Waals surface area (Å²) in [6.45, 7) is 9.30. The second-order valence-corrected chi connectivity index (χ2v) is 6.30. The van der Waals surface area contributed by atoms with Crippen LogP contribution in [0.25, 0.3) is 0 Å². The van der Waals surface area contributed by atoms with Crippen LogP contribution in [0.3, 0.4) is 0 Å². The van der Waals surface area contributed by atoms with Gasteiger partial charge >= 0.3 is 0 Å². The molecule has 0 radical (unpaired) electrons. The predicted molar refractivity (Wildman–Crippen MR) is 93.8 cm³/mol. The molecule has 0 fully saturated rings. The van der Waals surface area contributed by atoms with Crippen LogP contribution in [-0.4, -0.2) is 22.4 Å². The highest BCUT2D eigenvalue weighted by Crippen LogP contribution is 2.17. The number of anilines is 2. The maximum absolute atomic E-state index is 12.2. The molecule has 122 valence electrons. The molecular weight excluding hydrogens is 288 g/mol. The topological polar surface area (TPSA) is 66.9 Å². The molecule has 0 aliphatic rings. The van der Waals surface area contributed by atoms with Gasteiger partial charge in [-0.15, -0.1) is 0 Å². The van der Waals surface area contributed by atoms with E-state index in [4.69, 9.17) is 0 Å². The molecular formula is C18H24N4O. The average molecular weight is 312 g/mol. The first-order chi connectivity index (χ1) is 11.0. The van der Waals surface area contributed by atoms with E-state index in [9.17, 15) is 4.79 Å². The van der Waals surface area contributed by atoms with Crippen LogP contribution in [-0.2, 0) is 0 Å². The molecule has 5 nitrogen and oxygen atoms in total. The fraction of sp³-hybridized carbons (Fsp3) is 0.389. The van der Waals surface area contributed by atoms with Crippen molar-refractivity contribution in [1.82, 2.24) is 9.97 Å². The summed E-state index contributed by atoms with van der Waals surface area (Å²) in [5, 5.41) is 5.98. The lowest BCUT2D eigenvalue weighted by Crippen LogP contribution is -2.14. The van der Waals surface area contributed by atoms with Gasteiger partial charge in [-0.05, 0) is 29.5 Å². The van der Waals surface area contributed by atoms with Gasteiger partial charge in [0.1, 0.15) is 0 Å². The molecule has 0 saturated heterocycles. The van der Waals surface area contributed by atoms with Crippen LogP contribution < -0.4 is 10.6 Å². The highest BCUT2D eigenvalue weighted by Gasteiger charge is 2.08. The minimum Gasteiger partial charge on any atom is -0.354 e. The Kier molecular flexibility index (Phi) is 5.68. The predicted octanol–water partition coefficient (Wildman–Crippen LogP) is 3.92.